The normalized spacial score (nSPS) is 24.1. The van der Waals surface area contributed by atoms with E-state index >= 15 is 0 Å². The standard InChI is InChI=1S/C16H26N4/c17-14-5-8-19-12-13(14)11-15(18)16(6-1-2-7-16)20-9-3-4-10-20/h5,8,12,15H,1-4,6-7,9-11,18H2,(H2,17,19). The van der Waals surface area contributed by atoms with E-state index in [0.717, 1.165) is 17.7 Å². The maximum absolute atomic E-state index is 6.67. The van der Waals surface area contributed by atoms with Gasteiger partial charge in [-0.1, -0.05) is 12.8 Å². The molecule has 0 aromatic carbocycles. The van der Waals surface area contributed by atoms with Crippen LogP contribution in [0.15, 0.2) is 18.5 Å². The lowest BCUT2D eigenvalue weighted by Crippen LogP contribution is -2.58. The molecule has 1 aromatic heterocycles. The van der Waals surface area contributed by atoms with Crippen LogP contribution in [0.3, 0.4) is 0 Å². The number of nitrogens with two attached hydrogens (primary N) is 2. The van der Waals surface area contributed by atoms with E-state index in [1.165, 1.54) is 51.6 Å². The highest BCUT2D eigenvalue weighted by atomic mass is 15.2. The Morgan fingerprint density at radius 2 is 1.90 bits per heavy atom. The van der Waals surface area contributed by atoms with Crippen LogP contribution < -0.4 is 11.5 Å². The maximum atomic E-state index is 6.67. The van der Waals surface area contributed by atoms with Gasteiger partial charge in [0, 0.05) is 29.7 Å². The van der Waals surface area contributed by atoms with Crippen LogP contribution in [0.25, 0.3) is 0 Å². The number of likely N-dealkylation sites (tertiary alicyclic amines) is 1. The first-order valence-electron chi connectivity index (χ1n) is 7.91. The minimum Gasteiger partial charge on any atom is -0.398 e. The molecule has 1 aliphatic heterocycles. The Balaban J connectivity index is 1.79. The third-order valence-electron chi connectivity index (χ3n) is 5.28. The number of nitrogens with zero attached hydrogens (tertiary/aromatic N) is 2. The zero-order chi connectivity index (χ0) is 14.0. The summed E-state index contributed by atoms with van der Waals surface area (Å²) in [5, 5.41) is 0. The molecule has 2 aliphatic rings. The van der Waals surface area contributed by atoms with E-state index in [1.54, 1.807) is 6.20 Å². The Morgan fingerprint density at radius 3 is 2.55 bits per heavy atom. The molecule has 2 heterocycles. The highest BCUT2D eigenvalue weighted by Gasteiger charge is 2.45. The van der Waals surface area contributed by atoms with Gasteiger partial charge in [0.25, 0.3) is 0 Å². The third kappa shape index (κ3) is 2.42. The molecule has 1 aromatic rings. The van der Waals surface area contributed by atoms with Gasteiger partial charge in [-0.15, -0.1) is 0 Å². The first-order chi connectivity index (χ1) is 9.72. The van der Waals surface area contributed by atoms with Gasteiger partial charge in [0.2, 0.25) is 0 Å². The molecule has 2 fully saturated rings. The van der Waals surface area contributed by atoms with E-state index in [4.69, 9.17) is 11.5 Å². The Bertz CT molecular complexity index is 448. The number of rotatable bonds is 4. The van der Waals surface area contributed by atoms with E-state index in [-0.39, 0.29) is 11.6 Å². The third-order valence-corrected chi connectivity index (χ3v) is 5.28. The predicted octanol–water partition coefficient (Wildman–Crippen LogP) is 1.94. The first-order valence-corrected chi connectivity index (χ1v) is 7.91. The number of pyridine rings is 1. The molecular weight excluding hydrogens is 248 g/mol. The Hall–Kier alpha value is -1.13. The maximum Gasteiger partial charge on any atom is 0.0378 e. The fourth-order valence-electron chi connectivity index (χ4n) is 4.11. The van der Waals surface area contributed by atoms with E-state index in [2.05, 4.69) is 9.88 Å². The summed E-state index contributed by atoms with van der Waals surface area (Å²) in [5.41, 5.74) is 14.9. The lowest BCUT2D eigenvalue weighted by Gasteiger charge is -2.43. The fraction of sp³-hybridized carbons (Fsp3) is 0.688. The molecule has 1 aliphatic carbocycles. The van der Waals surface area contributed by atoms with Gasteiger partial charge < -0.3 is 11.5 Å². The molecule has 4 N–H and O–H groups in total. The topological polar surface area (TPSA) is 68.2 Å². The van der Waals surface area contributed by atoms with E-state index in [1.807, 2.05) is 12.3 Å². The van der Waals surface area contributed by atoms with Crippen molar-refractivity contribution in [3.63, 3.8) is 0 Å². The molecular formula is C16H26N4. The number of hydrogen-bond donors (Lipinski definition) is 2. The van der Waals surface area contributed by atoms with Crippen LogP contribution in [0.5, 0.6) is 0 Å². The van der Waals surface area contributed by atoms with Crippen molar-refractivity contribution in [1.29, 1.82) is 0 Å². The summed E-state index contributed by atoms with van der Waals surface area (Å²) in [4.78, 5) is 6.86. The Kier molecular flexibility index (Phi) is 3.94. The fourth-order valence-corrected chi connectivity index (χ4v) is 4.11. The zero-order valence-corrected chi connectivity index (χ0v) is 12.2. The van der Waals surface area contributed by atoms with Gasteiger partial charge in [-0.2, -0.15) is 0 Å². The molecule has 3 rings (SSSR count). The summed E-state index contributed by atoms with van der Waals surface area (Å²) in [6.07, 6.45) is 12.2. The first kappa shape index (κ1) is 13.8. The van der Waals surface area contributed by atoms with Crippen LogP contribution in [0.1, 0.15) is 44.1 Å². The second-order valence-electron chi connectivity index (χ2n) is 6.39. The predicted molar refractivity (Wildman–Crippen MR) is 82.3 cm³/mol. The lowest BCUT2D eigenvalue weighted by molar-refractivity contribution is 0.0922. The van der Waals surface area contributed by atoms with Crippen LogP contribution in [0, 0.1) is 0 Å². The summed E-state index contributed by atoms with van der Waals surface area (Å²) in [7, 11) is 0. The number of anilines is 1. The minimum atomic E-state index is 0.162. The van der Waals surface area contributed by atoms with Gasteiger partial charge in [0.05, 0.1) is 0 Å². The summed E-state index contributed by atoms with van der Waals surface area (Å²) < 4.78 is 0. The SMILES string of the molecule is Nc1ccncc1CC(N)C1(N2CCCC2)CCCC1. The summed E-state index contributed by atoms with van der Waals surface area (Å²) in [5.74, 6) is 0. The average molecular weight is 274 g/mol. The summed E-state index contributed by atoms with van der Waals surface area (Å²) in [6.45, 7) is 2.44. The van der Waals surface area contributed by atoms with Crippen molar-refractivity contribution in [3.05, 3.63) is 24.0 Å². The highest BCUT2D eigenvalue weighted by molar-refractivity contribution is 5.45. The van der Waals surface area contributed by atoms with Gasteiger partial charge >= 0.3 is 0 Å². The second-order valence-corrected chi connectivity index (χ2v) is 6.39. The van der Waals surface area contributed by atoms with Crippen molar-refractivity contribution < 1.29 is 0 Å². The van der Waals surface area contributed by atoms with Crippen LogP contribution in [-0.4, -0.2) is 34.6 Å². The van der Waals surface area contributed by atoms with Crippen LogP contribution >= 0.6 is 0 Å². The van der Waals surface area contributed by atoms with Crippen LogP contribution in [0.4, 0.5) is 5.69 Å². The van der Waals surface area contributed by atoms with Crippen LogP contribution in [0.2, 0.25) is 0 Å². The minimum absolute atomic E-state index is 0.162. The second kappa shape index (κ2) is 5.70. The quantitative estimate of drug-likeness (QED) is 0.880. The largest absolute Gasteiger partial charge is 0.398 e. The molecule has 0 bridgehead atoms. The Labute approximate surface area is 121 Å². The Morgan fingerprint density at radius 1 is 1.20 bits per heavy atom. The molecule has 1 unspecified atom stereocenters. The van der Waals surface area contributed by atoms with Gasteiger partial charge in [0.15, 0.2) is 0 Å². The van der Waals surface area contributed by atoms with Crippen molar-refractivity contribution in [2.75, 3.05) is 18.8 Å². The lowest BCUT2D eigenvalue weighted by atomic mass is 9.83. The van der Waals surface area contributed by atoms with Crippen molar-refractivity contribution in [2.45, 2.75) is 56.5 Å². The van der Waals surface area contributed by atoms with Crippen LogP contribution in [-0.2, 0) is 6.42 Å². The molecule has 1 saturated heterocycles. The van der Waals surface area contributed by atoms with E-state index in [9.17, 15) is 0 Å². The van der Waals surface area contributed by atoms with E-state index < -0.39 is 0 Å². The van der Waals surface area contributed by atoms with Gasteiger partial charge in [-0.05, 0) is 56.8 Å². The number of aromatic nitrogens is 1. The zero-order valence-electron chi connectivity index (χ0n) is 12.2. The monoisotopic (exact) mass is 274 g/mol. The number of nitrogen functional groups attached to an aromatic ring is 1. The van der Waals surface area contributed by atoms with Crippen molar-refractivity contribution in [2.24, 2.45) is 5.73 Å². The molecule has 4 heteroatoms. The molecule has 1 atom stereocenters. The van der Waals surface area contributed by atoms with Crippen molar-refractivity contribution in [1.82, 2.24) is 9.88 Å². The molecule has 0 spiro atoms. The van der Waals surface area contributed by atoms with Gasteiger partial charge in [-0.25, -0.2) is 0 Å². The van der Waals surface area contributed by atoms with Crippen molar-refractivity contribution in [3.8, 4) is 0 Å². The molecule has 4 nitrogen and oxygen atoms in total. The average Bonchev–Trinajstić information content (AvgIpc) is 3.12. The molecule has 110 valence electrons. The molecule has 0 radical (unpaired) electrons. The van der Waals surface area contributed by atoms with Gasteiger partial charge in [-0.3, -0.25) is 9.88 Å². The van der Waals surface area contributed by atoms with Gasteiger partial charge in [0.1, 0.15) is 0 Å². The number of hydrogen-bond acceptors (Lipinski definition) is 4. The molecule has 0 amide bonds. The smallest absolute Gasteiger partial charge is 0.0378 e. The summed E-state index contributed by atoms with van der Waals surface area (Å²) in [6, 6.07) is 2.04. The molecule has 1 saturated carbocycles. The van der Waals surface area contributed by atoms with Crippen molar-refractivity contribution >= 4 is 5.69 Å². The summed E-state index contributed by atoms with van der Waals surface area (Å²) >= 11 is 0. The van der Waals surface area contributed by atoms with E-state index in [0.29, 0.717) is 0 Å². The highest BCUT2D eigenvalue weighted by Crippen LogP contribution is 2.40. The molecule has 20 heavy (non-hydrogen) atoms.